The number of aliphatic carboxylic acids is 1. The van der Waals surface area contributed by atoms with Crippen LogP contribution < -0.4 is 5.32 Å². The Morgan fingerprint density at radius 1 is 1.29 bits per heavy atom. The molecule has 0 amide bonds. The van der Waals surface area contributed by atoms with E-state index in [1.807, 2.05) is 6.92 Å². The van der Waals surface area contributed by atoms with E-state index in [0.29, 0.717) is 6.54 Å². The van der Waals surface area contributed by atoms with Gasteiger partial charge in [-0.2, -0.15) is 0 Å². The van der Waals surface area contributed by atoms with E-state index in [0.717, 1.165) is 9.87 Å². The second kappa shape index (κ2) is 6.55. The second-order valence-electron chi connectivity index (χ2n) is 5.24. The first kappa shape index (κ1) is 17.6. The van der Waals surface area contributed by atoms with Crippen LogP contribution in [0, 0.1) is 0 Å². The number of benzene rings is 1. The predicted octanol–water partition coefficient (Wildman–Crippen LogP) is 1.24. The lowest BCUT2D eigenvalue weighted by molar-refractivity contribution is -0.138. The SMILES string of the molecule is CCNC(C)(CC(=O)O)c1ccc(S(=O)(=O)N(C)C)cc1. The molecule has 0 fully saturated rings. The van der Waals surface area contributed by atoms with Crippen LogP contribution in [0.25, 0.3) is 0 Å². The average Bonchev–Trinajstić information content (AvgIpc) is 2.38. The highest BCUT2D eigenvalue weighted by molar-refractivity contribution is 7.89. The fourth-order valence-electron chi connectivity index (χ4n) is 2.16. The Balaban J connectivity index is 3.18. The van der Waals surface area contributed by atoms with Gasteiger partial charge in [-0.25, -0.2) is 12.7 Å². The van der Waals surface area contributed by atoms with Gasteiger partial charge in [0.25, 0.3) is 0 Å². The van der Waals surface area contributed by atoms with E-state index in [4.69, 9.17) is 5.11 Å². The first-order valence-electron chi connectivity index (χ1n) is 6.63. The molecule has 118 valence electrons. The molecular weight excluding hydrogens is 292 g/mol. The summed E-state index contributed by atoms with van der Waals surface area (Å²) in [5.41, 5.74) is 0.00511. The number of nitrogens with zero attached hydrogens (tertiary/aromatic N) is 1. The topological polar surface area (TPSA) is 86.7 Å². The van der Waals surface area contributed by atoms with Gasteiger partial charge in [0.05, 0.1) is 16.9 Å². The van der Waals surface area contributed by atoms with Crippen molar-refractivity contribution in [2.24, 2.45) is 0 Å². The minimum Gasteiger partial charge on any atom is -0.481 e. The molecule has 0 saturated heterocycles. The summed E-state index contributed by atoms with van der Waals surface area (Å²) in [6.45, 7) is 4.30. The molecule has 6 nitrogen and oxygen atoms in total. The van der Waals surface area contributed by atoms with Crippen LogP contribution in [0.1, 0.15) is 25.8 Å². The zero-order chi connectivity index (χ0) is 16.3. The number of rotatable bonds is 7. The molecule has 7 heteroatoms. The lowest BCUT2D eigenvalue weighted by Crippen LogP contribution is -2.41. The third kappa shape index (κ3) is 4.03. The van der Waals surface area contributed by atoms with Crippen molar-refractivity contribution < 1.29 is 18.3 Å². The molecule has 0 saturated carbocycles. The number of sulfonamides is 1. The Kier molecular flexibility index (Phi) is 5.49. The summed E-state index contributed by atoms with van der Waals surface area (Å²) in [4.78, 5) is 11.2. The average molecular weight is 314 g/mol. The van der Waals surface area contributed by atoms with Crippen molar-refractivity contribution in [1.29, 1.82) is 0 Å². The minimum absolute atomic E-state index is 0.0827. The zero-order valence-corrected chi connectivity index (χ0v) is 13.6. The fraction of sp³-hybridized carbons (Fsp3) is 0.500. The van der Waals surface area contributed by atoms with Crippen LogP contribution in [0.5, 0.6) is 0 Å². The van der Waals surface area contributed by atoms with Gasteiger partial charge in [0.1, 0.15) is 0 Å². The van der Waals surface area contributed by atoms with Crippen LogP contribution in [0.15, 0.2) is 29.2 Å². The normalized spacial score (nSPS) is 14.9. The Labute approximate surface area is 125 Å². The number of hydrogen-bond donors (Lipinski definition) is 2. The maximum atomic E-state index is 12.0. The van der Waals surface area contributed by atoms with Crippen molar-refractivity contribution >= 4 is 16.0 Å². The van der Waals surface area contributed by atoms with Gasteiger partial charge in [-0.3, -0.25) is 4.79 Å². The lowest BCUT2D eigenvalue weighted by Gasteiger charge is -2.29. The van der Waals surface area contributed by atoms with Crippen LogP contribution in [0.4, 0.5) is 0 Å². The summed E-state index contributed by atoms with van der Waals surface area (Å²) in [6, 6.07) is 6.31. The Morgan fingerprint density at radius 2 is 1.81 bits per heavy atom. The highest BCUT2D eigenvalue weighted by Gasteiger charge is 2.29. The van der Waals surface area contributed by atoms with Gasteiger partial charge < -0.3 is 10.4 Å². The molecule has 1 unspecified atom stereocenters. The predicted molar refractivity (Wildman–Crippen MR) is 80.6 cm³/mol. The summed E-state index contributed by atoms with van der Waals surface area (Å²) >= 11 is 0. The monoisotopic (exact) mass is 314 g/mol. The van der Waals surface area contributed by atoms with Crippen LogP contribution in [0.2, 0.25) is 0 Å². The molecule has 0 aliphatic heterocycles. The number of carboxylic acid groups (broad SMARTS) is 1. The first-order chi connectivity index (χ1) is 9.63. The maximum absolute atomic E-state index is 12.0. The number of nitrogens with one attached hydrogen (secondary N) is 1. The third-order valence-electron chi connectivity index (χ3n) is 3.34. The van der Waals surface area contributed by atoms with E-state index in [2.05, 4.69) is 5.32 Å². The van der Waals surface area contributed by atoms with Crippen LogP contribution in [-0.2, 0) is 20.4 Å². The largest absolute Gasteiger partial charge is 0.481 e. The van der Waals surface area contributed by atoms with Gasteiger partial charge in [-0.05, 0) is 31.2 Å². The molecule has 21 heavy (non-hydrogen) atoms. The zero-order valence-electron chi connectivity index (χ0n) is 12.8. The molecule has 1 aromatic rings. The van der Waals surface area contributed by atoms with Crippen molar-refractivity contribution in [3.05, 3.63) is 29.8 Å². The molecule has 1 rings (SSSR count). The highest BCUT2D eigenvalue weighted by Crippen LogP contribution is 2.26. The molecule has 1 aromatic carbocycles. The molecule has 0 aromatic heterocycles. The maximum Gasteiger partial charge on any atom is 0.305 e. The second-order valence-corrected chi connectivity index (χ2v) is 7.40. The van der Waals surface area contributed by atoms with Gasteiger partial charge >= 0.3 is 5.97 Å². The van der Waals surface area contributed by atoms with E-state index in [9.17, 15) is 13.2 Å². The van der Waals surface area contributed by atoms with E-state index >= 15 is 0 Å². The van der Waals surface area contributed by atoms with Crippen LogP contribution in [-0.4, -0.2) is 44.4 Å². The third-order valence-corrected chi connectivity index (χ3v) is 5.17. The van der Waals surface area contributed by atoms with Crippen molar-refractivity contribution in [2.45, 2.75) is 30.7 Å². The molecule has 1 atom stereocenters. The molecule has 0 bridgehead atoms. The molecule has 0 aliphatic rings. The van der Waals surface area contributed by atoms with E-state index < -0.39 is 21.5 Å². The number of carbonyl (C=O) groups is 1. The summed E-state index contributed by atoms with van der Waals surface area (Å²) in [5, 5.41) is 12.2. The van der Waals surface area contributed by atoms with Crippen LogP contribution >= 0.6 is 0 Å². The van der Waals surface area contributed by atoms with Crippen LogP contribution in [0.3, 0.4) is 0 Å². The molecule has 0 heterocycles. The first-order valence-corrected chi connectivity index (χ1v) is 8.07. The molecular formula is C14H22N2O4S. The van der Waals surface area contributed by atoms with Gasteiger partial charge in [0.2, 0.25) is 10.0 Å². The van der Waals surface area contributed by atoms with Crippen molar-refractivity contribution in [3.63, 3.8) is 0 Å². The Morgan fingerprint density at radius 3 is 2.19 bits per heavy atom. The van der Waals surface area contributed by atoms with Gasteiger partial charge in [0, 0.05) is 14.1 Å². The van der Waals surface area contributed by atoms with E-state index in [1.165, 1.54) is 26.2 Å². The van der Waals surface area contributed by atoms with E-state index in [1.54, 1.807) is 19.1 Å². The number of carboxylic acids is 1. The fourth-order valence-corrected chi connectivity index (χ4v) is 3.07. The van der Waals surface area contributed by atoms with Crippen molar-refractivity contribution in [1.82, 2.24) is 9.62 Å². The molecule has 2 N–H and O–H groups in total. The summed E-state index contributed by atoms with van der Waals surface area (Å²) < 4.78 is 25.2. The van der Waals surface area contributed by atoms with E-state index in [-0.39, 0.29) is 11.3 Å². The quantitative estimate of drug-likeness (QED) is 0.790. The standard InChI is InChI=1S/C14H22N2O4S/c1-5-15-14(2,10-13(17)18)11-6-8-12(9-7-11)21(19,20)16(3)4/h6-9,15H,5,10H2,1-4H3,(H,17,18). The van der Waals surface area contributed by atoms with Crippen molar-refractivity contribution in [3.8, 4) is 0 Å². The molecule has 0 radical (unpaired) electrons. The van der Waals surface area contributed by atoms with Crippen molar-refractivity contribution in [2.75, 3.05) is 20.6 Å². The number of hydrogen-bond acceptors (Lipinski definition) is 4. The smallest absolute Gasteiger partial charge is 0.305 e. The summed E-state index contributed by atoms with van der Waals surface area (Å²) in [5.74, 6) is -0.913. The minimum atomic E-state index is -3.48. The lowest BCUT2D eigenvalue weighted by atomic mass is 9.88. The van der Waals surface area contributed by atoms with Gasteiger partial charge in [-0.15, -0.1) is 0 Å². The molecule has 0 spiro atoms. The highest BCUT2D eigenvalue weighted by atomic mass is 32.2. The Hall–Kier alpha value is -1.44. The summed E-state index contributed by atoms with van der Waals surface area (Å²) in [6.07, 6.45) is -0.0827. The Bertz CT molecular complexity index is 596. The molecule has 0 aliphatic carbocycles. The summed E-state index contributed by atoms with van der Waals surface area (Å²) in [7, 11) is -0.541. The van der Waals surface area contributed by atoms with Gasteiger partial charge in [-0.1, -0.05) is 19.1 Å². The van der Waals surface area contributed by atoms with Gasteiger partial charge in [0.15, 0.2) is 0 Å².